The van der Waals surface area contributed by atoms with Crippen molar-refractivity contribution in [2.45, 2.75) is 43.6 Å². The smallest absolute Gasteiger partial charge is 0.0104 e. The minimum absolute atomic E-state index is 0.400. The predicted molar refractivity (Wildman–Crippen MR) is 82.9 cm³/mol. The summed E-state index contributed by atoms with van der Waals surface area (Å²) in [6.07, 6.45) is 7.01. The number of likely N-dealkylation sites (tertiary alicyclic amines) is 1. The molecule has 2 unspecified atom stereocenters. The van der Waals surface area contributed by atoms with Crippen molar-refractivity contribution in [2.75, 3.05) is 26.2 Å². The lowest BCUT2D eigenvalue weighted by Crippen LogP contribution is -2.49. The van der Waals surface area contributed by atoms with Crippen LogP contribution in [-0.4, -0.2) is 37.1 Å². The molecule has 0 aromatic heterocycles. The summed E-state index contributed by atoms with van der Waals surface area (Å²) in [5.74, 6) is 1.01. The molecular weight excluding hydrogens is 244 g/mol. The number of fused-ring (bicyclic) bond motifs is 2. The molecular formula is C18H26N2. The van der Waals surface area contributed by atoms with E-state index in [-0.39, 0.29) is 0 Å². The summed E-state index contributed by atoms with van der Waals surface area (Å²) >= 11 is 0. The Labute approximate surface area is 122 Å². The van der Waals surface area contributed by atoms with E-state index in [0.717, 1.165) is 12.0 Å². The lowest BCUT2D eigenvalue weighted by atomic mass is 9.72. The van der Waals surface area contributed by atoms with Gasteiger partial charge >= 0.3 is 0 Å². The zero-order chi connectivity index (χ0) is 13.4. The van der Waals surface area contributed by atoms with Crippen molar-refractivity contribution in [1.82, 2.24) is 10.2 Å². The van der Waals surface area contributed by atoms with Crippen molar-refractivity contribution in [1.29, 1.82) is 0 Å². The van der Waals surface area contributed by atoms with Gasteiger partial charge in [0.1, 0.15) is 0 Å². The molecule has 108 valence electrons. The standard InChI is InChI=1S/C18H26N2/c1-2-4-16(5-3-1)18(8-10-19-11-9-18)14-20-13-15-6-7-17(20)12-15/h1-5,15,17,19H,6-14H2. The summed E-state index contributed by atoms with van der Waals surface area (Å²) in [5.41, 5.74) is 1.97. The lowest BCUT2D eigenvalue weighted by Gasteiger charge is -2.43. The molecule has 3 fully saturated rings. The highest BCUT2D eigenvalue weighted by Crippen LogP contribution is 2.42. The van der Waals surface area contributed by atoms with Gasteiger partial charge in [0.2, 0.25) is 0 Å². The first-order valence-electron chi connectivity index (χ1n) is 8.36. The highest BCUT2D eigenvalue weighted by atomic mass is 15.2. The summed E-state index contributed by atoms with van der Waals surface area (Å²) in [5, 5.41) is 3.55. The molecule has 1 aliphatic carbocycles. The Morgan fingerprint density at radius 3 is 2.55 bits per heavy atom. The summed E-state index contributed by atoms with van der Waals surface area (Å²) in [7, 11) is 0. The number of benzene rings is 1. The van der Waals surface area contributed by atoms with Crippen LogP contribution in [0.3, 0.4) is 0 Å². The fourth-order valence-corrected chi connectivity index (χ4v) is 4.84. The third kappa shape index (κ3) is 2.19. The molecule has 1 saturated carbocycles. The van der Waals surface area contributed by atoms with Gasteiger partial charge in [0, 0.05) is 24.5 Å². The van der Waals surface area contributed by atoms with Gasteiger partial charge in [-0.3, -0.25) is 4.90 Å². The van der Waals surface area contributed by atoms with E-state index in [1.807, 2.05) is 0 Å². The third-order valence-corrected chi connectivity index (χ3v) is 5.98. The quantitative estimate of drug-likeness (QED) is 0.908. The summed E-state index contributed by atoms with van der Waals surface area (Å²) in [6.45, 7) is 5.01. The molecule has 1 N–H and O–H groups in total. The van der Waals surface area contributed by atoms with Gasteiger partial charge < -0.3 is 5.32 Å². The Balaban J connectivity index is 1.59. The molecule has 0 amide bonds. The number of nitrogens with one attached hydrogen (secondary N) is 1. The van der Waals surface area contributed by atoms with Gasteiger partial charge in [-0.05, 0) is 56.7 Å². The number of hydrogen-bond donors (Lipinski definition) is 1. The van der Waals surface area contributed by atoms with Crippen molar-refractivity contribution >= 4 is 0 Å². The Morgan fingerprint density at radius 2 is 1.90 bits per heavy atom. The number of piperidine rings is 2. The maximum Gasteiger partial charge on any atom is 0.0104 e. The second kappa shape index (κ2) is 5.16. The highest BCUT2D eigenvalue weighted by Gasteiger charge is 2.43. The SMILES string of the molecule is c1ccc(C2(CN3CC4CCC3C4)CCNCC2)cc1. The van der Waals surface area contributed by atoms with Gasteiger partial charge in [-0.15, -0.1) is 0 Å². The van der Waals surface area contributed by atoms with E-state index in [4.69, 9.17) is 0 Å². The molecule has 4 rings (SSSR count). The molecule has 0 radical (unpaired) electrons. The average Bonchev–Trinajstić information content (AvgIpc) is 3.12. The molecule has 2 saturated heterocycles. The molecule has 2 heterocycles. The highest BCUT2D eigenvalue weighted by molar-refractivity contribution is 5.27. The summed E-state index contributed by atoms with van der Waals surface area (Å²) < 4.78 is 0. The van der Waals surface area contributed by atoms with E-state index in [1.54, 1.807) is 5.56 Å². The number of nitrogens with zero attached hydrogens (tertiary/aromatic N) is 1. The van der Waals surface area contributed by atoms with Crippen LogP contribution in [-0.2, 0) is 5.41 Å². The van der Waals surface area contributed by atoms with Gasteiger partial charge in [-0.1, -0.05) is 30.3 Å². The molecule has 1 aromatic rings. The van der Waals surface area contributed by atoms with Gasteiger partial charge in [0.05, 0.1) is 0 Å². The van der Waals surface area contributed by atoms with Gasteiger partial charge in [-0.25, -0.2) is 0 Å². The van der Waals surface area contributed by atoms with Crippen molar-refractivity contribution < 1.29 is 0 Å². The van der Waals surface area contributed by atoms with Crippen LogP contribution in [0.2, 0.25) is 0 Å². The molecule has 20 heavy (non-hydrogen) atoms. The first kappa shape index (κ1) is 12.8. The Hall–Kier alpha value is -0.860. The maximum atomic E-state index is 3.55. The van der Waals surface area contributed by atoms with Crippen molar-refractivity contribution in [3.63, 3.8) is 0 Å². The first-order chi connectivity index (χ1) is 9.86. The van der Waals surface area contributed by atoms with Crippen molar-refractivity contribution in [2.24, 2.45) is 5.92 Å². The van der Waals surface area contributed by atoms with Gasteiger partial charge in [-0.2, -0.15) is 0 Å². The molecule has 1 aromatic carbocycles. The number of rotatable bonds is 3. The van der Waals surface area contributed by atoms with E-state index < -0.39 is 0 Å². The minimum atomic E-state index is 0.400. The van der Waals surface area contributed by atoms with Crippen LogP contribution in [0.25, 0.3) is 0 Å². The molecule has 3 aliphatic rings. The predicted octanol–water partition coefficient (Wildman–Crippen LogP) is 2.79. The van der Waals surface area contributed by atoms with Crippen molar-refractivity contribution in [3.05, 3.63) is 35.9 Å². The second-order valence-electron chi connectivity index (χ2n) is 7.16. The molecule has 2 atom stereocenters. The Bertz CT molecular complexity index is 450. The lowest BCUT2D eigenvalue weighted by molar-refractivity contribution is 0.141. The van der Waals surface area contributed by atoms with E-state index in [2.05, 4.69) is 40.5 Å². The summed E-state index contributed by atoms with van der Waals surface area (Å²) in [4.78, 5) is 2.83. The van der Waals surface area contributed by atoms with Crippen LogP contribution in [0.1, 0.15) is 37.7 Å². The molecule has 2 heteroatoms. The van der Waals surface area contributed by atoms with E-state index in [0.29, 0.717) is 5.41 Å². The number of hydrogen-bond acceptors (Lipinski definition) is 2. The fraction of sp³-hybridized carbons (Fsp3) is 0.667. The van der Waals surface area contributed by atoms with Crippen LogP contribution in [0.5, 0.6) is 0 Å². The first-order valence-corrected chi connectivity index (χ1v) is 8.36. The Kier molecular flexibility index (Phi) is 3.31. The topological polar surface area (TPSA) is 15.3 Å². The zero-order valence-electron chi connectivity index (χ0n) is 12.4. The van der Waals surface area contributed by atoms with Gasteiger partial charge in [0.15, 0.2) is 0 Å². The van der Waals surface area contributed by atoms with Crippen LogP contribution >= 0.6 is 0 Å². The molecule has 2 aliphatic heterocycles. The van der Waals surface area contributed by atoms with Crippen LogP contribution < -0.4 is 5.32 Å². The van der Waals surface area contributed by atoms with Crippen LogP contribution in [0.4, 0.5) is 0 Å². The van der Waals surface area contributed by atoms with Gasteiger partial charge in [0.25, 0.3) is 0 Å². The molecule has 2 bridgehead atoms. The third-order valence-electron chi connectivity index (χ3n) is 5.98. The maximum absolute atomic E-state index is 3.55. The fourth-order valence-electron chi connectivity index (χ4n) is 4.84. The second-order valence-corrected chi connectivity index (χ2v) is 7.16. The monoisotopic (exact) mass is 270 g/mol. The minimum Gasteiger partial charge on any atom is -0.317 e. The van der Waals surface area contributed by atoms with Crippen LogP contribution in [0, 0.1) is 5.92 Å². The molecule has 0 spiro atoms. The largest absolute Gasteiger partial charge is 0.317 e. The van der Waals surface area contributed by atoms with E-state index in [9.17, 15) is 0 Å². The average molecular weight is 270 g/mol. The Morgan fingerprint density at radius 1 is 1.10 bits per heavy atom. The molecule has 2 nitrogen and oxygen atoms in total. The summed E-state index contributed by atoms with van der Waals surface area (Å²) in [6, 6.07) is 12.2. The van der Waals surface area contributed by atoms with Crippen molar-refractivity contribution in [3.8, 4) is 0 Å². The normalized spacial score (nSPS) is 32.6. The van der Waals surface area contributed by atoms with E-state index >= 15 is 0 Å². The van der Waals surface area contributed by atoms with E-state index in [1.165, 1.54) is 58.3 Å². The zero-order valence-corrected chi connectivity index (χ0v) is 12.4. The van der Waals surface area contributed by atoms with Crippen LogP contribution in [0.15, 0.2) is 30.3 Å².